The van der Waals surface area contributed by atoms with E-state index in [0.717, 1.165) is 24.3 Å². The number of allylic oxidation sites excluding steroid dienone is 1. The lowest BCUT2D eigenvalue weighted by Crippen LogP contribution is -2.21. The fourth-order valence-corrected chi connectivity index (χ4v) is 2.73. The normalized spacial score (nSPS) is 10.9. The molecule has 0 spiro atoms. The molecule has 2 aromatic carbocycles. The summed E-state index contributed by atoms with van der Waals surface area (Å²) in [5.74, 6) is 0.646. The molecule has 0 heterocycles. The van der Waals surface area contributed by atoms with E-state index in [-0.39, 0.29) is 5.69 Å². The Balaban J connectivity index is 2.47. The summed E-state index contributed by atoms with van der Waals surface area (Å²) in [6, 6.07) is 14.0. The molecule has 0 atom stereocenters. The Labute approximate surface area is 153 Å². The Kier molecular flexibility index (Phi) is 6.34. The first-order valence-corrected chi connectivity index (χ1v) is 8.33. The van der Waals surface area contributed by atoms with E-state index in [2.05, 4.69) is 24.8 Å². The maximum atomic E-state index is 11.0. The number of nitro groups is 1. The van der Waals surface area contributed by atoms with Crippen molar-refractivity contribution in [3.8, 4) is 11.8 Å². The largest absolute Gasteiger partial charge is 0.496 e. The summed E-state index contributed by atoms with van der Waals surface area (Å²) in [6.45, 7) is 5.93. The number of benzene rings is 2. The van der Waals surface area contributed by atoms with Crippen LogP contribution in [-0.4, -0.2) is 25.1 Å². The highest BCUT2D eigenvalue weighted by atomic mass is 16.6. The zero-order valence-electron chi connectivity index (χ0n) is 15.1. The SMILES string of the molecule is CCN(CC)c1ccc(/C=C(\C#N)c2cccc([N+](=O)[O-])c2)c(OC)c1. The minimum absolute atomic E-state index is 0.0486. The van der Waals surface area contributed by atoms with Crippen molar-refractivity contribution in [1.82, 2.24) is 0 Å². The molecule has 0 aliphatic carbocycles. The van der Waals surface area contributed by atoms with Gasteiger partial charge in [0.2, 0.25) is 0 Å². The van der Waals surface area contributed by atoms with Gasteiger partial charge in [-0.15, -0.1) is 0 Å². The Morgan fingerprint density at radius 1 is 1.27 bits per heavy atom. The lowest BCUT2D eigenvalue weighted by molar-refractivity contribution is -0.384. The third kappa shape index (κ3) is 4.19. The fourth-order valence-electron chi connectivity index (χ4n) is 2.73. The van der Waals surface area contributed by atoms with Crippen LogP contribution in [0, 0.1) is 21.4 Å². The van der Waals surface area contributed by atoms with Crippen molar-refractivity contribution >= 4 is 23.0 Å². The highest BCUT2D eigenvalue weighted by Crippen LogP contribution is 2.30. The van der Waals surface area contributed by atoms with Crippen molar-refractivity contribution in [3.05, 3.63) is 63.7 Å². The average molecular weight is 351 g/mol. The summed E-state index contributed by atoms with van der Waals surface area (Å²) < 4.78 is 5.48. The minimum Gasteiger partial charge on any atom is -0.496 e. The number of ether oxygens (including phenoxy) is 1. The molecule has 6 heteroatoms. The standard InChI is InChI=1S/C20H21N3O3/c1-4-22(5-2)18-10-9-16(20(13-18)26-3)11-17(14-21)15-7-6-8-19(12-15)23(24)25/h6-13H,4-5H2,1-3H3/b17-11+. The molecular formula is C20H21N3O3. The van der Waals surface area contributed by atoms with Gasteiger partial charge in [-0.2, -0.15) is 5.26 Å². The molecule has 6 nitrogen and oxygen atoms in total. The van der Waals surface area contributed by atoms with Gasteiger partial charge < -0.3 is 9.64 Å². The number of hydrogen-bond acceptors (Lipinski definition) is 5. The van der Waals surface area contributed by atoms with Gasteiger partial charge >= 0.3 is 0 Å². The molecule has 0 unspecified atom stereocenters. The van der Waals surface area contributed by atoms with Crippen LogP contribution in [0.4, 0.5) is 11.4 Å². The molecule has 0 saturated carbocycles. The van der Waals surface area contributed by atoms with E-state index >= 15 is 0 Å². The third-order valence-corrected chi connectivity index (χ3v) is 4.13. The molecule has 26 heavy (non-hydrogen) atoms. The number of nitrogens with zero attached hydrogens (tertiary/aromatic N) is 3. The van der Waals surface area contributed by atoms with E-state index in [0.29, 0.717) is 16.9 Å². The Bertz CT molecular complexity index is 865. The summed E-state index contributed by atoms with van der Waals surface area (Å²) in [5, 5.41) is 20.5. The van der Waals surface area contributed by atoms with E-state index < -0.39 is 4.92 Å². The smallest absolute Gasteiger partial charge is 0.270 e. The van der Waals surface area contributed by atoms with Crippen LogP contribution in [0.2, 0.25) is 0 Å². The summed E-state index contributed by atoms with van der Waals surface area (Å²) in [5.41, 5.74) is 2.57. The first-order valence-electron chi connectivity index (χ1n) is 8.33. The van der Waals surface area contributed by atoms with Gasteiger partial charge in [0.05, 0.1) is 23.7 Å². The molecular weight excluding hydrogens is 330 g/mol. The number of methoxy groups -OCH3 is 1. The molecule has 2 rings (SSSR count). The molecule has 134 valence electrons. The zero-order chi connectivity index (χ0) is 19.1. The van der Waals surface area contributed by atoms with E-state index in [4.69, 9.17) is 4.74 Å². The first kappa shape index (κ1) is 19.0. The number of anilines is 1. The second-order valence-electron chi connectivity index (χ2n) is 5.58. The molecule has 0 bridgehead atoms. The van der Waals surface area contributed by atoms with Crippen molar-refractivity contribution in [2.75, 3.05) is 25.1 Å². The number of nitro benzene ring substituents is 1. The number of non-ortho nitro benzene ring substituents is 1. The highest BCUT2D eigenvalue weighted by Gasteiger charge is 2.11. The molecule has 0 amide bonds. The van der Waals surface area contributed by atoms with Crippen LogP contribution in [0.5, 0.6) is 5.75 Å². The Morgan fingerprint density at radius 2 is 2.00 bits per heavy atom. The Morgan fingerprint density at radius 3 is 2.58 bits per heavy atom. The molecule has 2 aromatic rings. The molecule has 0 radical (unpaired) electrons. The predicted octanol–water partition coefficient (Wildman–Crippen LogP) is 4.51. The van der Waals surface area contributed by atoms with Crippen molar-refractivity contribution < 1.29 is 9.66 Å². The second kappa shape index (κ2) is 8.67. The predicted molar refractivity (Wildman–Crippen MR) is 103 cm³/mol. The van der Waals surface area contributed by atoms with Gasteiger partial charge in [0, 0.05) is 42.5 Å². The van der Waals surface area contributed by atoms with Gasteiger partial charge in [-0.3, -0.25) is 10.1 Å². The van der Waals surface area contributed by atoms with Gasteiger partial charge in [-0.05, 0) is 37.6 Å². The molecule has 0 aliphatic heterocycles. The number of hydrogen-bond donors (Lipinski definition) is 0. The quantitative estimate of drug-likeness (QED) is 0.317. The molecule has 0 fully saturated rings. The summed E-state index contributed by atoms with van der Waals surface area (Å²) in [6.07, 6.45) is 1.68. The van der Waals surface area contributed by atoms with Crippen molar-refractivity contribution in [1.29, 1.82) is 5.26 Å². The summed E-state index contributed by atoms with van der Waals surface area (Å²) >= 11 is 0. The second-order valence-corrected chi connectivity index (χ2v) is 5.58. The Hall–Kier alpha value is -3.33. The molecule has 0 aliphatic rings. The van der Waals surface area contributed by atoms with E-state index in [1.54, 1.807) is 25.3 Å². The van der Waals surface area contributed by atoms with E-state index in [1.165, 1.54) is 12.1 Å². The van der Waals surface area contributed by atoms with Crippen LogP contribution >= 0.6 is 0 Å². The van der Waals surface area contributed by atoms with Crippen LogP contribution in [0.25, 0.3) is 11.6 Å². The number of rotatable bonds is 7. The maximum absolute atomic E-state index is 11.0. The number of nitriles is 1. The molecule has 0 saturated heterocycles. The van der Waals surface area contributed by atoms with Gasteiger partial charge in [-0.25, -0.2) is 0 Å². The molecule has 0 N–H and O–H groups in total. The van der Waals surface area contributed by atoms with Crippen molar-refractivity contribution in [3.63, 3.8) is 0 Å². The zero-order valence-corrected chi connectivity index (χ0v) is 15.1. The van der Waals surface area contributed by atoms with Gasteiger partial charge in [0.25, 0.3) is 5.69 Å². The summed E-state index contributed by atoms with van der Waals surface area (Å²) in [4.78, 5) is 12.7. The van der Waals surface area contributed by atoms with Gasteiger partial charge in [-0.1, -0.05) is 12.1 Å². The van der Waals surface area contributed by atoms with E-state index in [9.17, 15) is 15.4 Å². The minimum atomic E-state index is -0.474. The fraction of sp³-hybridized carbons (Fsp3) is 0.250. The van der Waals surface area contributed by atoms with Gasteiger partial charge in [0.15, 0.2) is 0 Å². The maximum Gasteiger partial charge on any atom is 0.270 e. The van der Waals surface area contributed by atoms with Crippen LogP contribution < -0.4 is 9.64 Å². The van der Waals surface area contributed by atoms with Crippen LogP contribution in [-0.2, 0) is 0 Å². The average Bonchev–Trinajstić information content (AvgIpc) is 2.67. The van der Waals surface area contributed by atoms with Crippen molar-refractivity contribution in [2.45, 2.75) is 13.8 Å². The lowest BCUT2D eigenvalue weighted by atomic mass is 10.0. The van der Waals surface area contributed by atoms with Crippen molar-refractivity contribution in [2.24, 2.45) is 0 Å². The van der Waals surface area contributed by atoms with E-state index in [1.807, 2.05) is 18.2 Å². The molecule has 0 aromatic heterocycles. The van der Waals surface area contributed by atoms with Crippen LogP contribution in [0.3, 0.4) is 0 Å². The van der Waals surface area contributed by atoms with Gasteiger partial charge in [0.1, 0.15) is 5.75 Å². The third-order valence-electron chi connectivity index (χ3n) is 4.13. The van der Waals surface area contributed by atoms with Crippen LogP contribution in [0.15, 0.2) is 42.5 Å². The summed E-state index contributed by atoms with van der Waals surface area (Å²) in [7, 11) is 1.58. The lowest BCUT2D eigenvalue weighted by Gasteiger charge is -2.22. The monoisotopic (exact) mass is 351 g/mol. The first-order chi connectivity index (χ1) is 12.5. The van der Waals surface area contributed by atoms with Crippen LogP contribution in [0.1, 0.15) is 25.0 Å². The topological polar surface area (TPSA) is 79.4 Å². The highest BCUT2D eigenvalue weighted by molar-refractivity contribution is 5.91.